The number of alkyl halides is 3. The minimum absolute atomic E-state index is 0.0354. The third-order valence-electron chi connectivity index (χ3n) is 4.14. The van der Waals surface area contributed by atoms with Gasteiger partial charge in [0.1, 0.15) is 0 Å². The van der Waals surface area contributed by atoms with Crippen LogP contribution in [0, 0.1) is 12.8 Å². The van der Waals surface area contributed by atoms with Crippen molar-refractivity contribution < 1.29 is 18.0 Å². The van der Waals surface area contributed by atoms with Crippen LogP contribution in [-0.2, 0) is 0 Å². The minimum Gasteiger partial charge on any atom is -0.346 e. The normalized spacial score (nSPS) is 22.3. The van der Waals surface area contributed by atoms with Crippen LogP contribution in [0.1, 0.15) is 42.0 Å². The van der Waals surface area contributed by atoms with E-state index < -0.39 is 24.0 Å². The number of amides is 1. The van der Waals surface area contributed by atoms with Crippen molar-refractivity contribution in [2.75, 3.05) is 0 Å². The fraction of sp³-hybridized carbons (Fsp3) is 0.571. The van der Waals surface area contributed by atoms with E-state index in [1.54, 1.807) is 13.0 Å². The van der Waals surface area contributed by atoms with E-state index in [-0.39, 0.29) is 18.0 Å². The van der Waals surface area contributed by atoms with Gasteiger partial charge in [-0.15, -0.1) is 5.10 Å². The maximum atomic E-state index is 13.1. The zero-order chi connectivity index (χ0) is 16.6. The first-order chi connectivity index (χ1) is 10.9. The van der Waals surface area contributed by atoms with Crippen LogP contribution in [-0.4, -0.2) is 37.7 Å². The zero-order valence-electron chi connectivity index (χ0n) is 12.5. The van der Waals surface area contributed by atoms with Gasteiger partial charge in [0.2, 0.25) is 5.82 Å². The number of rotatable bonds is 2. The summed E-state index contributed by atoms with van der Waals surface area (Å²) in [4.78, 5) is 20.2. The van der Waals surface area contributed by atoms with Crippen molar-refractivity contribution in [1.82, 2.24) is 24.9 Å². The van der Waals surface area contributed by atoms with Gasteiger partial charge < -0.3 is 5.32 Å². The van der Waals surface area contributed by atoms with Gasteiger partial charge in [0, 0.05) is 17.9 Å². The Bertz CT molecular complexity index is 727. The van der Waals surface area contributed by atoms with Crippen molar-refractivity contribution in [1.29, 1.82) is 0 Å². The molecule has 1 aliphatic rings. The lowest BCUT2D eigenvalue weighted by atomic mass is 9.84. The Labute approximate surface area is 130 Å². The van der Waals surface area contributed by atoms with E-state index in [9.17, 15) is 18.0 Å². The molecule has 0 aromatic carbocycles. The molecule has 2 aromatic heterocycles. The Morgan fingerprint density at radius 2 is 2.09 bits per heavy atom. The monoisotopic (exact) mass is 327 g/mol. The predicted octanol–water partition coefficient (Wildman–Crippen LogP) is 2.28. The highest BCUT2D eigenvalue weighted by atomic mass is 19.4. The van der Waals surface area contributed by atoms with Gasteiger partial charge in [-0.3, -0.25) is 4.79 Å². The molecule has 2 aromatic rings. The van der Waals surface area contributed by atoms with E-state index >= 15 is 0 Å². The van der Waals surface area contributed by atoms with Crippen LogP contribution >= 0.6 is 0 Å². The van der Waals surface area contributed by atoms with Gasteiger partial charge in [0.05, 0.1) is 5.92 Å². The molecule has 1 N–H and O–H groups in total. The number of aryl methyl sites for hydroxylation is 1. The molecule has 3 rings (SSSR count). The molecule has 2 heterocycles. The molecule has 124 valence electrons. The molecule has 9 heteroatoms. The first-order valence-electron chi connectivity index (χ1n) is 7.42. The molecule has 1 aliphatic carbocycles. The summed E-state index contributed by atoms with van der Waals surface area (Å²) in [5, 5.41) is 6.46. The highest BCUT2D eigenvalue weighted by Gasteiger charge is 2.46. The van der Waals surface area contributed by atoms with Crippen molar-refractivity contribution in [2.24, 2.45) is 5.92 Å². The van der Waals surface area contributed by atoms with Crippen molar-refractivity contribution in [3.8, 4) is 0 Å². The highest BCUT2D eigenvalue weighted by Crippen LogP contribution is 2.37. The molecule has 23 heavy (non-hydrogen) atoms. The Morgan fingerprint density at radius 1 is 1.35 bits per heavy atom. The van der Waals surface area contributed by atoms with E-state index in [0.717, 1.165) is 5.69 Å². The standard InChI is InChI=1S/C14H16F3N5O/c1-8-6-7-18-13-20-11(21-22(8)13)12(23)19-10-5-3-2-4-9(10)14(15,16)17/h6-7,9-10H,2-5H2,1H3,(H,19,23)/t9-,10-/m1/s1. The van der Waals surface area contributed by atoms with Crippen molar-refractivity contribution in [3.63, 3.8) is 0 Å². The van der Waals surface area contributed by atoms with Crippen molar-refractivity contribution in [3.05, 3.63) is 23.8 Å². The van der Waals surface area contributed by atoms with E-state index in [0.29, 0.717) is 19.3 Å². The second kappa shape index (κ2) is 5.78. The predicted molar refractivity (Wildman–Crippen MR) is 74.8 cm³/mol. The Hall–Kier alpha value is -2.19. The molecule has 0 saturated heterocycles. The summed E-state index contributed by atoms with van der Waals surface area (Å²) in [6, 6.07) is 0.765. The SMILES string of the molecule is Cc1ccnc2nc(C(=O)N[C@@H]3CCCC[C@H]3C(F)(F)F)nn12. The van der Waals surface area contributed by atoms with E-state index in [2.05, 4.69) is 20.4 Å². The van der Waals surface area contributed by atoms with Crippen LogP contribution in [0.25, 0.3) is 5.78 Å². The number of carbonyl (C=O) groups excluding carboxylic acids is 1. The molecule has 1 amide bonds. The maximum Gasteiger partial charge on any atom is 0.393 e. The largest absolute Gasteiger partial charge is 0.393 e. The van der Waals surface area contributed by atoms with Crippen LogP contribution < -0.4 is 5.32 Å². The fourth-order valence-electron chi connectivity index (χ4n) is 2.93. The first-order valence-corrected chi connectivity index (χ1v) is 7.42. The average molecular weight is 327 g/mol. The lowest BCUT2D eigenvalue weighted by Gasteiger charge is -2.33. The molecule has 0 radical (unpaired) electrons. The maximum absolute atomic E-state index is 13.1. The summed E-state index contributed by atoms with van der Waals surface area (Å²) < 4.78 is 40.6. The van der Waals surface area contributed by atoms with Crippen molar-refractivity contribution in [2.45, 2.75) is 44.8 Å². The van der Waals surface area contributed by atoms with E-state index in [4.69, 9.17) is 0 Å². The summed E-state index contributed by atoms with van der Waals surface area (Å²) in [7, 11) is 0. The number of aromatic nitrogens is 4. The zero-order valence-corrected chi connectivity index (χ0v) is 12.5. The topological polar surface area (TPSA) is 72.2 Å². The lowest BCUT2D eigenvalue weighted by Crippen LogP contribution is -2.47. The summed E-state index contributed by atoms with van der Waals surface area (Å²) in [6.07, 6.45) is -1.26. The summed E-state index contributed by atoms with van der Waals surface area (Å²) in [5.74, 6) is -2.14. The quantitative estimate of drug-likeness (QED) is 0.918. The van der Waals surface area contributed by atoms with Gasteiger partial charge in [0.15, 0.2) is 0 Å². The van der Waals surface area contributed by atoms with Gasteiger partial charge in [0.25, 0.3) is 11.7 Å². The summed E-state index contributed by atoms with van der Waals surface area (Å²) in [6.45, 7) is 1.77. The third-order valence-corrected chi connectivity index (χ3v) is 4.14. The molecular formula is C14H16F3N5O. The molecule has 1 fully saturated rings. The first kappa shape index (κ1) is 15.7. The molecule has 0 bridgehead atoms. The van der Waals surface area contributed by atoms with Crippen LogP contribution in [0.15, 0.2) is 12.3 Å². The molecule has 0 spiro atoms. The van der Waals surface area contributed by atoms with Gasteiger partial charge in [-0.05, 0) is 25.8 Å². The number of fused-ring (bicyclic) bond motifs is 1. The number of hydrogen-bond acceptors (Lipinski definition) is 4. The van der Waals surface area contributed by atoms with Crippen LogP contribution in [0.4, 0.5) is 13.2 Å². The minimum atomic E-state index is -4.32. The van der Waals surface area contributed by atoms with Crippen LogP contribution in [0.5, 0.6) is 0 Å². The highest BCUT2D eigenvalue weighted by molar-refractivity contribution is 5.91. The van der Waals surface area contributed by atoms with Gasteiger partial charge in [-0.1, -0.05) is 12.8 Å². The average Bonchev–Trinajstić information content (AvgIpc) is 2.92. The smallest absolute Gasteiger partial charge is 0.346 e. The second-order valence-corrected chi connectivity index (χ2v) is 5.75. The van der Waals surface area contributed by atoms with E-state index in [1.165, 1.54) is 10.7 Å². The lowest BCUT2D eigenvalue weighted by molar-refractivity contribution is -0.187. The number of hydrogen-bond donors (Lipinski definition) is 1. The van der Waals surface area contributed by atoms with Crippen LogP contribution in [0.3, 0.4) is 0 Å². The second-order valence-electron chi connectivity index (χ2n) is 5.75. The Balaban J connectivity index is 1.80. The Kier molecular flexibility index (Phi) is 3.95. The molecule has 1 saturated carbocycles. The molecule has 6 nitrogen and oxygen atoms in total. The molecule has 2 atom stereocenters. The fourth-order valence-corrected chi connectivity index (χ4v) is 2.93. The molecular weight excluding hydrogens is 311 g/mol. The van der Waals surface area contributed by atoms with Gasteiger partial charge in [-0.25, -0.2) is 9.50 Å². The van der Waals surface area contributed by atoms with E-state index in [1.807, 2.05) is 0 Å². The summed E-state index contributed by atoms with van der Waals surface area (Å²) in [5.41, 5.74) is 0.729. The number of nitrogens with one attached hydrogen (secondary N) is 1. The number of carbonyl (C=O) groups is 1. The molecule has 0 unspecified atom stereocenters. The van der Waals surface area contributed by atoms with Gasteiger partial charge >= 0.3 is 6.18 Å². The summed E-state index contributed by atoms with van der Waals surface area (Å²) >= 11 is 0. The molecule has 0 aliphatic heterocycles. The van der Waals surface area contributed by atoms with Crippen molar-refractivity contribution >= 4 is 11.7 Å². The third kappa shape index (κ3) is 3.13. The Morgan fingerprint density at radius 3 is 2.78 bits per heavy atom. The number of nitrogens with zero attached hydrogens (tertiary/aromatic N) is 4. The van der Waals surface area contributed by atoms with Gasteiger partial charge in [-0.2, -0.15) is 18.2 Å². The number of halogens is 3. The van der Waals surface area contributed by atoms with Crippen LogP contribution in [0.2, 0.25) is 0 Å².